The van der Waals surface area contributed by atoms with Crippen molar-refractivity contribution in [2.45, 2.75) is 39.7 Å². The molecule has 0 amide bonds. The number of aromatic nitrogens is 1. The average Bonchev–Trinajstić information content (AvgIpc) is 2.89. The second-order valence-electron chi connectivity index (χ2n) is 5.52. The summed E-state index contributed by atoms with van der Waals surface area (Å²) in [5.74, 6) is 0.632. The van der Waals surface area contributed by atoms with Crippen molar-refractivity contribution in [1.29, 1.82) is 0 Å². The Labute approximate surface area is 145 Å². The van der Waals surface area contributed by atoms with Gasteiger partial charge in [0.15, 0.2) is 0 Å². The van der Waals surface area contributed by atoms with Crippen molar-refractivity contribution in [3.05, 3.63) is 58.4 Å². The van der Waals surface area contributed by atoms with Gasteiger partial charge in [0.25, 0.3) is 0 Å². The maximum absolute atomic E-state index is 12.7. The van der Waals surface area contributed by atoms with Crippen LogP contribution in [0.4, 0.5) is 0 Å². The van der Waals surface area contributed by atoms with Crippen molar-refractivity contribution < 1.29 is 37.5 Å². The molecule has 0 fully saturated rings. The van der Waals surface area contributed by atoms with E-state index in [1.54, 1.807) is 0 Å². The molecule has 1 aliphatic rings. The van der Waals surface area contributed by atoms with Crippen molar-refractivity contribution in [2.24, 2.45) is 0 Å². The molecule has 0 spiro atoms. The molecule has 1 aromatic heterocycles. The fraction of sp³-hybridized carbons (Fsp3) is 0.353. The summed E-state index contributed by atoms with van der Waals surface area (Å²) in [5, 5.41) is 0. The van der Waals surface area contributed by atoms with Crippen LogP contribution in [0.15, 0.2) is 24.3 Å². The normalized spacial score (nSPS) is 16.6. The van der Waals surface area contributed by atoms with Gasteiger partial charge in [-0.15, -0.1) is 0 Å². The third-order valence-corrected chi connectivity index (χ3v) is 4.01. The Hall–Kier alpha value is -0.726. The number of nitrogens with zero attached hydrogens (tertiary/aromatic N) is 1. The van der Waals surface area contributed by atoms with E-state index in [0.29, 0.717) is 5.92 Å². The first-order valence-electron chi connectivity index (χ1n) is 6.81. The van der Waals surface area contributed by atoms with Crippen LogP contribution in [0.5, 0.6) is 0 Å². The molecule has 0 bridgehead atoms. The van der Waals surface area contributed by atoms with Gasteiger partial charge in [0.2, 0.25) is 0 Å². The Morgan fingerprint density at radius 1 is 1.25 bits per heavy atom. The molecule has 101 valence electrons. The third-order valence-electron chi connectivity index (χ3n) is 4.01. The second kappa shape index (κ2) is 5.95. The number of hydrogen-bond donors (Lipinski definition) is 0. The van der Waals surface area contributed by atoms with E-state index in [-0.39, 0.29) is 38.5 Å². The molecule has 1 unspecified atom stereocenters. The number of fused-ring (bicyclic) bond motifs is 1. The van der Waals surface area contributed by atoms with Crippen molar-refractivity contribution in [2.75, 3.05) is 0 Å². The minimum Gasteiger partial charge on any atom is -0.435 e. The van der Waals surface area contributed by atoms with Gasteiger partial charge in [-0.1, -0.05) is 55.1 Å². The molecule has 0 aliphatic carbocycles. The summed E-state index contributed by atoms with van der Waals surface area (Å²) in [6, 6.07) is 11.2. The molecule has 0 saturated heterocycles. The summed E-state index contributed by atoms with van der Waals surface area (Å²) < 4.78 is 2.15. The van der Waals surface area contributed by atoms with Crippen LogP contribution in [0.25, 0.3) is 0 Å². The molecular weight excluding hydrogens is 323 g/mol. The summed E-state index contributed by atoms with van der Waals surface area (Å²) in [6.07, 6.45) is 1.11. The number of benzene rings is 1. The smallest absolute Gasteiger partial charge is 0.129 e. The molecule has 1 aromatic carbocycles. The van der Waals surface area contributed by atoms with Crippen molar-refractivity contribution in [3.8, 4) is 0 Å². The minimum atomic E-state index is 0. The first kappa shape index (κ1) is 15.7. The van der Waals surface area contributed by atoms with Gasteiger partial charge in [0, 0.05) is 44.8 Å². The number of hydrogen-bond acceptors (Lipinski definition) is 1. The van der Waals surface area contributed by atoms with Gasteiger partial charge in [-0.25, -0.2) is 6.07 Å². The Bertz CT molecular complexity index is 640. The van der Waals surface area contributed by atoms with E-state index in [1.165, 1.54) is 11.3 Å². The Morgan fingerprint density at radius 3 is 2.55 bits per heavy atom. The van der Waals surface area contributed by atoms with E-state index >= 15 is 0 Å². The number of rotatable bonds is 2. The molecule has 2 heterocycles. The van der Waals surface area contributed by atoms with E-state index in [2.05, 4.69) is 17.6 Å². The van der Waals surface area contributed by atoms with E-state index in [4.69, 9.17) is 0 Å². The molecule has 2 nitrogen and oxygen atoms in total. The summed E-state index contributed by atoms with van der Waals surface area (Å²) in [6.45, 7) is 7.16. The van der Waals surface area contributed by atoms with Crippen LogP contribution in [0.2, 0.25) is 0 Å². The SMILES string of the molecule is Cc1ccc(C(=O)c2c(C)[c-]c3n2CCC3C)cc1.[Y]. The number of carbonyl (C=O) groups is 1. The molecule has 1 atom stereocenters. The largest absolute Gasteiger partial charge is 0.435 e. The number of ketones is 1. The van der Waals surface area contributed by atoms with Crippen LogP contribution in [0.1, 0.15) is 52.1 Å². The second-order valence-corrected chi connectivity index (χ2v) is 5.52. The summed E-state index contributed by atoms with van der Waals surface area (Å²) in [7, 11) is 0. The monoisotopic (exact) mass is 341 g/mol. The van der Waals surface area contributed by atoms with Crippen LogP contribution in [0.3, 0.4) is 0 Å². The molecule has 3 rings (SSSR count). The predicted octanol–water partition coefficient (Wildman–Crippen LogP) is 3.64. The van der Waals surface area contributed by atoms with Crippen molar-refractivity contribution in [1.82, 2.24) is 4.57 Å². The molecule has 1 radical (unpaired) electrons. The topological polar surface area (TPSA) is 22.0 Å². The van der Waals surface area contributed by atoms with Gasteiger partial charge < -0.3 is 9.36 Å². The zero-order valence-corrected chi connectivity index (χ0v) is 15.1. The first-order valence-corrected chi connectivity index (χ1v) is 6.81. The summed E-state index contributed by atoms with van der Waals surface area (Å²) in [5.41, 5.74) is 4.93. The average molecular weight is 341 g/mol. The predicted molar refractivity (Wildman–Crippen MR) is 75.6 cm³/mol. The molecule has 1 aliphatic heterocycles. The molecular formula is C17H18NOY-. The third kappa shape index (κ3) is 2.56. The quantitative estimate of drug-likeness (QED) is 0.604. The Morgan fingerprint density at radius 2 is 1.90 bits per heavy atom. The van der Waals surface area contributed by atoms with E-state index in [0.717, 1.165) is 29.8 Å². The van der Waals surface area contributed by atoms with E-state index < -0.39 is 0 Å². The first-order chi connectivity index (χ1) is 9.08. The van der Waals surface area contributed by atoms with Crippen LogP contribution in [-0.4, -0.2) is 10.4 Å². The fourth-order valence-corrected chi connectivity index (χ4v) is 2.86. The maximum atomic E-state index is 12.7. The van der Waals surface area contributed by atoms with Gasteiger partial charge in [-0.3, -0.25) is 0 Å². The van der Waals surface area contributed by atoms with Crippen LogP contribution >= 0.6 is 0 Å². The molecule has 3 heteroatoms. The van der Waals surface area contributed by atoms with Gasteiger partial charge >= 0.3 is 0 Å². The minimum absolute atomic E-state index is 0. The summed E-state index contributed by atoms with van der Waals surface area (Å²) >= 11 is 0. The maximum Gasteiger partial charge on any atom is 0.129 e. The van der Waals surface area contributed by atoms with E-state index in [9.17, 15) is 4.79 Å². The van der Waals surface area contributed by atoms with Gasteiger partial charge in [-0.05, 0) is 19.3 Å². The Balaban J connectivity index is 0.00000147. The van der Waals surface area contributed by atoms with E-state index in [1.807, 2.05) is 38.1 Å². The molecule has 0 saturated carbocycles. The van der Waals surface area contributed by atoms with Gasteiger partial charge in [0.05, 0.1) is 0 Å². The molecule has 20 heavy (non-hydrogen) atoms. The zero-order valence-electron chi connectivity index (χ0n) is 12.2. The summed E-state index contributed by atoms with van der Waals surface area (Å²) in [4.78, 5) is 12.7. The van der Waals surface area contributed by atoms with Crippen LogP contribution in [-0.2, 0) is 39.3 Å². The Kier molecular flexibility index (Phi) is 4.66. The van der Waals surface area contributed by atoms with Crippen molar-refractivity contribution in [3.63, 3.8) is 0 Å². The molecule has 0 N–H and O–H groups in total. The van der Waals surface area contributed by atoms with Crippen LogP contribution in [0, 0.1) is 19.9 Å². The number of carbonyl (C=O) groups excluding carboxylic acids is 1. The van der Waals surface area contributed by atoms with Gasteiger partial charge in [0.1, 0.15) is 5.78 Å². The number of aryl methyl sites for hydroxylation is 2. The van der Waals surface area contributed by atoms with Gasteiger partial charge in [-0.2, -0.15) is 5.56 Å². The zero-order chi connectivity index (χ0) is 13.6. The van der Waals surface area contributed by atoms with Crippen molar-refractivity contribution >= 4 is 5.78 Å². The van der Waals surface area contributed by atoms with Crippen LogP contribution < -0.4 is 0 Å². The standard InChI is InChI=1S/C17H18NO.Y/c1-11-4-6-14(7-5-11)17(19)16-13(3)10-15-12(2)8-9-18(15)16;/h4-7,12H,8-9H2,1-3H3;/q-1;. The fourth-order valence-electron chi connectivity index (χ4n) is 2.86. The molecule has 2 aromatic rings.